The topological polar surface area (TPSA) is 111 Å². The van der Waals surface area contributed by atoms with E-state index < -0.39 is 11.2 Å². The van der Waals surface area contributed by atoms with E-state index >= 15 is 0 Å². The van der Waals surface area contributed by atoms with Crippen LogP contribution in [0.2, 0.25) is 0 Å². The zero-order chi connectivity index (χ0) is 22.1. The van der Waals surface area contributed by atoms with Crippen LogP contribution in [0, 0.1) is 0 Å². The molecule has 0 aliphatic carbocycles. The zero-order valence-corrected chi connectivity index (χ0v) is 17.3. The van der Waals surface area contributed by atoms with E-state index in [0.29, 0.717) is 24.0 Å². The van der Waals surface area contributed by atoms with Gasteiger partial charge in [0.2, 0.25) is 5.88 Å². The van der Waals surface area contributed by atoms with Gasteiger partial charge in [-0.3, -0.25) is 19.0 Å². The Morgan fingerprint density at radius 2 is 1.62 bits per heavy atom. The summed E-state index contributed by atoms with van der Waals surface area (Å²) in [4.78, 5) is 34.9. The third kappa shape index (κ3) is 3.71. The predicted molar refractivity (Wildman–Crippen MR) is 119 cm³/mol. The van der Waals surface area contributed by atoms with Crippen molar-refractivity contribution in [2.24, 2.45) is 7.05 Å². The van der Waals surface area contributed by atoms with Gasteiger partial charge in [-0.25, -0.2) is 9.78 Å². The van der Waals surface area contributed by atoms with Crippen LogP contribution in [0.5, 0.6) is 5.88 Å². The van der Waals surface area contributed by atoms with Crippen LogP contribution >= 0.6 is 0 Å². The second-order valence-corrected chi connectivity index (χ2v) is 7.38. The molecule has 0 amide bonds. The first-order valence-electron chi connectivity index (χ1n) is 10.1. The van der Waals surface area contributed by atoms with E-state index in [4.69, 9.17) is 4.74 Å². The smallest absolute Gasteiger partial charge is 0.330 e. The van der Waals surface area contributed by atoms with Crippen molar-refractivity contribution >= 4 is 11.2 Å². The molecule has 5 rings (SSSR count). The predicted octanol–water partition coefficient (Wildman–Crippen LogP) is 2.44. The largest absolute Gasteiger partial charge is 0.472 e. The van der Waals surface area contributed by atoms with Gasteiger partial charge in [0, 0.05) is 13.1 Å². The monoisotopic (exact) mass is 428 g/mol. The molecule has 0 aliphatic heterocycles. The Morgan fingerprint density at radius 1 is 0.938 bits per heavy atom. The van der Waals surface area contributed by atoms with Gasteiger partial charge in [0.25, 0.3) is 5.56 Å². The van der Waals surface area contributed by atoms with Crippen LogP contribution in [-0.4, -0.2) is 29.3 Å². The Balaban J connectivity index is 1.50. The first-order chi connectivity index (χ1) is 15.6. The van der Waals surface area contributed by atoms with Crippen molar-refractivity contribution in [1.29, 1.82) is 0 Å². The third-order valence-corrected chi connectivity index (χ3v) is 5.15. The van der Waals surface area contributed by atoms with E-state index in [-0.39, 0.29) is 17.7 Å². The average Bonchev–Trinajstić information content (AvgIpc) is 3.40. The number of ether oxygens (including phenoxy) is 1. The van der Waals surface area contributed by atoms with Gasteiger partial charge in [-0.15, -0.1) is 5.10 Å². The van der Waals surface area contributed by atoms with Crippen LogP contribution in [-0.2, 0) is 20.2 Å². The Kier molecular flexibility index (Phi) is 4.91. The fourth-order valence-electron chi connectivity index (χ4n) is 3.54. The normalized spacial score (nSPS) is 11.2. The highest BCUT2D eigenvalue weighted by Gasteiger charge is 2.17. The SMILES string of the molecule is Cn1nc(OCc2ccccc2)cc1-c1nc2c([nH]1)c(=O)[nH]c(=O)n2Cc1ccccc1. The number of aromatic amines is 2. The lowest BCUT2D eigenvalue weighted by Crippen LogP contribution is -2.30. The first kappa shape index (κ1) is 19.6. The van der Waals surface area contributed by atoms with E-state index in [9.17, 15) is 9.59 Å². The molecule has 0 saturated heterocycles. The van der Waals surface area contributed by atoms with E-state index in [1.807, 2.05) is 60.7 Å². The molecule has 5 aromatic rings. The number of aromatic nitrogens is 6. The zero-order valence-electron chi connectivity index (χ0n) is 17.3. The minimum atomic E-state index is -0.518. The van der Waals surface area contributed by atoms with Crippen molar-refractivity contribution in [3.8, 4) is 17.4 Å². The molecule has 0 atom stereocenters. The van der Waals surface area contributed by atoms with Gasteiger partial charge in [-0.1, -0.05) is 60.7 Å². The quantitative estimate of drug-likeness (QED) is 0.432. The molecule has 32 heavy (non-hydrogen) atoms. The molecule has 0 fully saturated rings. The fourth-order valence-corrected chi connectivity index (χ4v) is 3.54. The molecule has 0 saturated carbocycles. The summed E-state index contributed by atoms with van der Waals surface area (Å²) < 4.78 is 8.85. The fraction of sp³-hybridized carbons (Fsp3) is 0.130. The molecule has 3 heterocycles. The number of nitrogens with zero attached hydrogens (tertiary/aromatic N) is 4. The lowest BCUT2D eigenvalue weighted by atomic mass is 10.2. The van der Waals surface area contributed by atoms with Gasteiger partial charge in [0.1, 0.15) is 17.8 Å². The lowest BCUT2D eigenvalue weighted by molar-refractivity contribution is 0.291. The van der Waals surface area contributed by atoms with Gasteiger partial charge < -0.3 is 9.72 Å². The van der Waals surface area contributed by atoms with Crippen molar-refractivity contribution in [3.63, 3.8) is 0 Å². The second kappa shape index (κ2) is 8.03. The van der Waals surface area contributed by atoms with Crippen molar-refractivity contribution in [2.45, 2.75) is 13.2 Å². The highest BCUT2D eigenvalue weighted by atomic mass is 16.5. The van der Waals surface area contributed by atoms with Gasteiger partial charge in [0.05, 0.1) is 6.54 Å². The van der Waals surface area contributed by atoms with Crippen LogP contribution < -0.4 is 16.0 Å². The number of aryl methyl sites for hydroxylation is 1. The van der Waals surface area contributed by atoms with Crippen molar-refractivity contribution in [3.05, 3.63) is 98.7 Å². The lowest BCUT2D eigenvalue weighted by Gasteiger charge is -2.05. The molecule has 0 spiro atoms. The van der Waals surface area contributed by atoms with Crippen molar-refractivity contribution in [1.82, 2.24) is 29.3 Å². The molecule has 9 heteroatoms. The number of hydrogen-bond donors (Lipinski definition) is 2. The summed E-state index contributed by atoms with van der Waals surface area (Å²) in [6.07, 6.45) is 0. The van der Waals surface area contributed by atoms with Gasteiger partial charge >= 0.3 is 5.69 Å². The summed E-state index contributed by atoms with van der Waals surface area (Å²) in [7, 11) is 1.76. The minimum absolute atomic E-state index is 0.225. The van der Waals surface area contributed by atoms with Crippen LogP contribution in [0.15, 0.2) is 76.3 Å². The van der Waals surface area contributed by atoms with E-state index in [1.54, 1.807) is 17.8 Å². The number of H-pyrrole nitrogens is 2. The second-order valence-electron chi connectivity index (χ2n) is 7.38. The summed E-state index contributed by atoms with van der Waals surface area (Å²) in [5, 5.41) is 4.38. The molecular formula is C23H20N6O3. The van der Waals surface area contributed by atoms with Crippen molar-refractivity contribution < 1.29 is 4.74 Å². The molecule has 3 aromatic heterocycles. The maximum absolute atomic E-state index is 12.5. The minimum Gasteiger partial charge on any atom is -0.472 e. The van der Waals surface area contributed by atoms with Gasteiger partial charge in [0.15, 0.2) is 11.5 Å². The number of imidazole rings is 1. The Bertz CT molecular complexity index is 1500. The van der Waals surface area contributed by atoms with Crippen LogP contribution in [0.4, 0.5) is 0 Å². The molecule has 0 bridgehead atoms. The van der Waals surface area contributed by atoms with Crippen LogP contribution in [0.25, 0.3) is 22.7 Å². The standard InChI is InChI=1S/C23H20N6O3/c1-28-17(12-18(27-28)32-14-16-10-6-3-7-11-16)20-24-19-21(25-20)29(23(31)26-22(19)30)13-15-8-4-2-5-9-15/h2-12H,13-14H2,1H3,(H,24,25)(H,26,30,31). The Hall–Kier alpha value is -4.40. The van der Waals surface area contributed by atoms with Crippen LogP contribution in [0.3, 0.4) is 0 Å². The number of rotatable bonds is 6. The number of fused-ring (bicyclic) bond motifs is 1. The number of hydrogen-bond acceptors (Lipinski definition) is 5. The summed E-state index contributed by atoms with van der Waals surface area (Å²) in [5.74, 6) is 0.852. The summed E-state index contributed by atoms with van der Waals surface area (Å²) in [5.41, 5.74) is 2.05. The molecule has 0 radical (unpaired) electrons. The van der Waals surface area contributed by atoms with E-state index in [0.717, 1.165) is 11.1 Å². The summed E-state index contributed by atoms with van der Waals surface area (Å²) in [6.45, 7) is 0.668. The highest BCUT2D eigenvalue weighted by Crippen LogP contribution is 2.23. The molecule has 2 aromatic carbocycles. The third-order valence-electron chi connectivity index (χ3n) is 5.15. The highest BCUT2D eigenvalue weighted by molar-refractivity contribution is 5.74. The number of benzene rings is 2. The van der Waals surface area contributed by atoms with E-state index in [1.165, 1.54) is 4.57 Å². The summed E-state index contributed by atoms with van der Waals surface area (Å²) in [6, 6.07) is 21.1. The molecule has 2 N–H and O–H groups in total. The maximum Gasteiger partial charge on any atom is 0.330 e. The Morgan fingerprint density at radius 3 is 2.34 bits per heavy atom. The van der Waals surface area contributed by atoms with Gasteiger partial charge in [-0.2, -0.15) is 0 Å². The van der Waals surface area contributed by atoms with Gasteiger partial charge in [-0.05, 0) is 11.1 Å². The van der Waals surface area contributed by atoms with E-state index in [2.05, 4.69) is 20.1 Å². The molecule has 9 nitrogen and oxygen atoms in total. The first-order valence-corrected chi connectivity index (χ1v) is 10.1. The summed E-state index contributed by atoms with van der Waals surface area (Å²) >= 11 is 0. The number of nitrogens with one attached hydrogen (secondary N) is 2. The maximum atomic E-state index is 12.5. The molecular weight excluding hydrogens is 408 g/mol. The van der Waals surface area contributed by atoms with Crippen LogP contribution in [0.1, 0.15) is 11.1 Å². The van der Waals surface area contributed by atoms with Crippen molar-refractivity contribution in [2.75, 3.05) is 0 Å². The average molecular weight is 428 g/mol. The molecule has 0 aliphatic rings. The Labute approximate surface area is 182 Å². The molecule has 160 valence electrons. The molecule has 0 unspecified atom stereocenters.